The van der Waals surface area contributed by atoms with Crippen molar-refractivity contribution in [3.8, 4) is 0 Å². The molecule has 2 nitrogen and oxygen atoms in total. The highest BCUT2D eigenvalue weighted by molar-refractivity contribution is 5.21. The first-order chi connectivity index (χ1) is 7.70. The summed E-state index contributed by atoms with van der Waals surface area (Å²) in [5.74, 6) is 0. The van der Waals surface area contributed by atoms with Gasteiger partial charge < -0.3 is 4.57 Å². The highest BCUT2D eigenvalue weighted by atomic mass is 16.1. The topological polar surface area (TPSA) is 22.0 Å². The molecule has 0 aliphatic rings. The van der Waals surface area contributed by atoms with Gasteiger partial charge in [-0.15, -0.1) is 0 Å². The van der Waals surface area contributed by atoms with E-state index in [0.29, 0.717) is 5.56 Å². The van der Waals surface area contributed by atoms with Crippen LogP contribution in [0.25, 0.3) is 0 Å². The summed E-state index contributed by atoms with van der Waals surface area (Å²) in [4.78, 5) is 11.9. The van der Waals surface area contributed by atoms with Crippen molar-refractivity contribution in [2.75, 3.05) is 0 Å². The first-order valence-corrected chi connectivity index (χ1v) is 5.28. The molecule has 0 aliphatic carbocycles. The lowest BCUT2D eigenvalue weighted by Crippen LogP contribution is -2.24. The molecule has 0 saturated heterocycles. The third-order valence-corrected chi connectivity index (χ3v) is 2.75. The van der Waals surface area contributed by atoms with Crippen LogP contribution in [-0.2, 0) is 0 Å². The van der Waals surface area contributed by atoms with E-state index in [0.717, 1.165) is 5.56 Å². The van der Waals surface area contributed by atoms with Crippen LogP contribution in [0.1, 0.15) is 24.1 Å². The Bertz CT molecular complexity index is 528. The Balaban J connectivity index is 2.46. The molecule has 1 radical (unpaired) electrons. The summed E-state index contributed by atoms with van der Waals surface area (Å²) in [7, 11) is 0. The van der Waals surface area contributed by atoms with Crippen molar-refractivity contribution in [3.63, 3.8) is 0 Å². The Morgan fingerprint density at radius 1 is 1.12 bits per heavy atom. The zero-order chi connectivity index (χ0) is 11.5. The number of hydrogen-bond acceptors (Lipinski definition) is 1. The van der Waals surface area contributed by atoms with E-state index in [1.807, 2.05) is 43.3 Å². The second kappa shape index (κ2) is 4.35. The average Bonchev–Trinajstić information content (AvgIpc) is 2.33. The molecule has 16 heavy (non-hydrogen) atoms. The monoisotopic (exact) mass is 212 g/mol. The van der Waals surface area contributed by atoms with Gasteiger partial charge in [0.25, 0.3) is 5.56 Å². The van der Waals surface area contributed by atoms with E-state index < -0.39 is 0 Å². The molecular weight excluding hydrogens is 198 g/mol. The van der Waals surface area contributed by atoms with E-state index in [-0.39, 0.29) is 11.6 Å². The predicted molar refractivity (Wildman–Crippen MR) is 65.4 cm³/mol. The molecule has 0 spiro atoms. The summed E-state index contributed by atoms with van der Waals surface area (Å²) in [5, 5.41) is 0. The molecular formula is C14H14NO. The van der Waals surface area contributed by atoms with Gasteiger partial charge in [-0.05, 0) is 25.5 Å². The summed E-state index contributed by atoms with van der Waals surface area (Å²) in [6.07, 6.45) is 1.80. The van der Waals surface area contributed by atoms with Crippen molar-refractivity contribution in [1.82, 2.24) is 4.57 Å². The molecule has 1 atom stereocenters. The molecule has 0 fully saturated rings. The summed E-state index contributed by atoms with van der Waals surface area (Å²) in [6, 6.07) is 13.6. The van der Waals surface area contributed by atoms with Gasteiger partial charge in [0, 0.05) is 11.8 Å². The van der Waals surface area contributed by atoms with E-state index in [1.165, 1.54) is 0 Å². The van der Waals surface area contributed by atoms with Crippen molar-refractivity contribution in [3.05, 3.63) is 77.1 Å². The third-order valence-electron chi connectivity index (χ3n) is 2.75. The van der Waals surface area contributed by atoms with Crippen molar-refractivity contribution < 1.29 is 0 Å². The Morgan fingerprint density at radius 2 is 1.81 bits per heavy atom. The number of hydrogen-bond donors (Lipinski definition) is 0. The van der Waals surface area contributed by atoms with E-state index in [4.69, 9.17) is 0 Å². The first-order valence-electron chi connectivity index (χ1n) is 5.28. The van der Waals surface area contributed by atoms with Crippen LogP contribution in [-0.4, -0.2) is 4.57 Å². The highest BCUT2D eigenvalue weighted by Crippen LogP contribution is 2.15. The van der Waals surface area contributed by atoms with Gasteiger partial charge in [0.05, 0.1) is 6.04 Å². The van der Waals surface area contributed by atoms with E-state index in [9.17, 15) is 4.79 Å². The minimum Gasteiger partial charge on any atom is -0.308 e. The maximum absolute atomic E-state index is 11.9. The van der Waals surface area contributed by atoms with Gasteiger partial charge in [0.2, 0.25) is 0 Å². The normalized spacial score (nSPS) is 12.4. The van der Waals surface area contributed by atoms with Gasteiger partial charge in [-0.25, -0.2) is 0 Å². The number of aromatic nitrogens is 1. The maximum atomic E-state index is 11.9. The average molecular weight is 212 g/mol. The number of benzene rings is 1. The van der Waals surface area contributed by atoms with Gasteiger partial charge in [0.1, 0.15) is 0 Å². The largest absolute Gasteiger partial charge is 0.308 e. The lowest BCUT2D eigenvalue weighted by atomic mass is 10.1. The van der Waals surface area contributed by atoms with Gasteiger partial charge >= 0.3 is 0 Å². The molecule has 1 heterocycles. The van der Waals surface area contributed by atoms with Crippen LogP contribution < -0.4 is 5.56 Å². The number of pyridine rings is 1. The lowest BCUT2D eigenvalue weighted by Gasteiger charge is -2.15. The second-order valence-electron chi connectivity index (χ2n) is 3.83. The minimum atomic E-state index is -0.0288. The molecule has 2 aromatic rings. The number of rotatable bonds is 2. The fourth-order valence-corrected chi connectivity index (χ4v) is 1.75. The SMILES string of the molecule is [CH2]c1cccn([C@H](C)c2ccccc2)c1=O. The van der Waals surface area contributed by atoms with E-state index in [1.54, 1.807) is 16.8 Å². The summed E-state index contributed by atoms with van der Waals surface area (Å²) in [5.41, 5.74) is 1.62. The zero-order valence-corrected chi connectivity index (χ0v) is 9.26. The lowest BCUT2D eigenvalue weighted by molar-refractivity contribution is 0.613. The molecule has 0 N–H and O–H groups in total. The van der Waals surface area contributed by atoms with Crippen molar-refractivity contribution in [2.45, 2.75) is 13.0 Å². The molecule has 0 aliphatic heterocycles. The molecule has 1 aromatic heterocycles. The molecule has 1 aromatic carbocycles. The van der Waals surface area contributed by atoms with E-state index in [2.05, 4.69) is 6.92 Å². The van der Waals surface area contributed by atoms with Crippen LogP contribution in [0.5, 0.6) is 0 Å². The van der Waals surface area contributed by atoms with Crippen LogP contribution in [0.2, 0.25) is 0 Å². The Hall–Kier alpha value is -1.83. The van der Waals surface area contributed by atoms with Crippen molar-refractivity contribution in [1.29, 1.82) is 0 Å². The summed E-state index contributed by atoms with van der Waals surface area (Å²) in [6.45, 7) is 5.73. The van der Waals surface area contributed by atoms with Crippen molar-refractivity contribution in [2.24, 2.45) is 0 Å². The fraction of sp³-hybridized carbons (Fsp3) is 0.143. The Labute approximate surface area is 95.2 Å². The standard InChI is InChI=1S/C14H14NO/c1-11-7-6-10-15(14(11)16)12(2)13-8-4-3-5-9-13/h3-10,12H,1H2,2H3/t12-/m1/s1. The Morgan fingerprint density at radius 3 is 2.50 bits per heavy atom. The van der Waals surface area contributed by atoms with Crippen LogP contribution >= 0.6 is 0 Å². The molecule has 2 rings (SSSR count). The molecule has 0 bridgehead atoms. The van der Waals surface area contributed by atoms with Crippen LogP contribution in [0, 0.1) is 6.92 Å². The number of nitrogens with zero attached hydrogens (tertiary/aromatic N) is 1. The van der Waals surface area contributed by atoms with Gasteiger partial charge in [-0.3, -0.25) is 4.79 Å². The van der Waals surface area contributed by atoms with Gasteiger partial charge in [-0.2, -0.15) is 0 Å². The fourth-order valence-electron chi connectivity index (χ4n) is 1.75. The minimum absolute atomic E-state index is 0.0288. The first kappa shape index (κ1) is 10.7. The van der Waals surface area contributed by atoms with Crippen molar-refractivity contribution >= 4 is 0 Å². The van der Waals surface area contributed by atoms with Crippen LogP contribution in [0.4, 0.5) is 0 Å². The smallest absolute Gasteiger partial charge is 0.254 e. The summed E-state index contributed by atoms with van der Waals surface area (Å²) >= 11 is 0. The summed E-state index contributed by atoms with van der Waals surface area (Å²) < 4.78 is 1.71. The van der Waals surface area contributed by atoms with Gasteiger partial charge in [-0.1, -0.05) is 36.4 Å². The quantitative estimate of drug-likeness (QED) is 0.750. The second-order valence-corrected chi connectivity index (χ2v) is 3.83. The highest BCUT2D eigenvalue weighted by Gasteiger charge is 2.08. The Kier molecular flexibility index (Phi) is 2.91. The third kappa shape index (κ3) is 1.91. The zero-order valence-electron chi connectivity index (χ0n) is 9.26. The van der Waals surface area contributed by atoms with Gasteiger partial charge in [0.15, 0.2) is 0 Å². The maximum Gasteiger partial charge on any atom is 0.254 e. The predicted octanol–water partition coefficient (Wildman–Crippen LogP) is 2.64. The van der Waals surface area contributed by atoms with Crippen LogP contribution in [0.15, 0.2) is 53.5 Å². The molecule has 0 unspecified atom stereocenters. The molecule has 2 heteroatoms. The van der Waals surface area contributed by atoms with E-state index >= 15 is 0 Å². The molecule has 0 amide bonds. The molecule has 0 saturated carbocycles. The van der Waals surface area contributed by atoms with Crippen LogP contribution in [0.3, 0.4) is 0 Å². The molecule has 81 valence electrons.